The van der Waals surface area contributed by atoms with Crippen molar-refractivity contribution in [1.82, 2.24) is 25.4 Å². The zero-order valence-corrected chi connectivity index (χ0v) is 20.2. The third kappa shape index (κ3) is 6.47. The summed E-state index contributed by atoms with van der Waals surface area (Å²) in [6, 6.07) is 0. The van der Waals surface area contributed by atoms with Crippen molar-refractivity contribution in [2.24, 2.45) is 4.99 Å². The van der Waals surface area contributed by atoms with E-state index in [1.54, 1.807) is 20.4 Å². The van der Waals surface area contributed by atoms with Crippen LogP contribution in [0.15, 0.2) is 15.6 Å². The molecule has 2 N–H and O–H groups in total. The van der Waals surface area contributed by atoms with E-state index in [9.17, 15) is 0 Å². The minimum Gasteiger partial charge on any atom is -0.443 e. The molecule has 9 heteroatoms. The van der Waals surface area contributed by atoms with E-state index in [1.165, 1.54) is 5.56 Å². The van der Waals surface area contributed by atoms with Crippen molar-refractivity contribution >= 4 is 29.9 Å². The third-order valence-electron chi connectivity index (χ3n) is 4.39. The first kappa shape index (κ1) is 24.4. The van der Waals surface area contributed by atoms with Crippen LogP contribution in [-0.4, -0.2) is 41.5 Å². The van der Waals surface area contributed by atoms with Crippen LogP contribution in [0.3, 0.4) is 0 Å². The van der Waals surface area contributed by atoms with Gasteiger partial charge in [0.2, 0.25) is 5.89 Å². The molecule has 0 amide bonds. The van der Waals surface area contributed by atoms with Gasteiger partial charge < -0.3 is 19.8 Å². The predicted molar refractivity (Wildman–Crippen MR) is 121 cm³/mol. The number of hydrogen-bond donors (Lipinski definition) is 2. The van der Waals surface area contributed by atoms with E-state index in [1.807, 2.05) is 11.6 Å². The Morgan fingerprint density at radius 1 is 1.25 bits per heavy atom. The van der Waals surface area contributed by atoms with Gasteiger partial charge in [0.1, 0.15) is 5.76 Å². The fraction of sp³-hybridized carbons (Fsp3) is 0.632. The predicted octanol–water partition coefficient (Wildman–Crippen LogP) is 2.92. The monoisotopic (exact) mass is 504 g/mol. The van der Waals surface area contributed by atoms with Gasteiger partial charge in [0.05, 0.1) is 31.6 Å². The van der Waals surface area contributed by atoms with Crippen LogP contribution in [-0.2, 0) is 29.8 Å². The molecule has 158 valence electrons. The lowest BCUT2D eigenvalue weighted by molar-refractivity contribution is 0.182. The number of rotatable bonds is 7. The summed E-state index contributed by atoms with van der Waals surface area (Å²) in [4.78, 5) is 8.60. The largest absolute Gasteiger partial charge is 0.443 e. The molecule has 8 nitrogen and oxygen atoms in total. The Morgan fingerprint density at radius 2 is 1.93 bits per heavy atom. The Bertz CT molecular complexity index is 776. The van der Waals surface area contributed by atoms with Crippen molar-refractivity contribution in [3.63, 3.8) is 0 Å². The molecule has 0 unspecified atom stereocenters. The van der Waals surface area contributed by atoms with Crippen LogP contribution in [0.5, 0.6) is 0 Å². The Labute approximate surface area is 184 Å². The molecule has 2 heterocycles. The number of guanidine groups is 1. The number of aliphatic imine (C=N–C) groups is 1. The number of oxazole rings is 1. The molecular formula is C19H33IN6O2. The van der Waals surface area contributed by atoms with Crippen molar-refractivity contribution in [2.45, 2.75) is 59.7 Å². The number of halogens is 1. The van der Waals surface area contributed by atoms with E-state index in [0.717, 1.165) is 23.7 Å². The fourth-order valence-electron chi connectivity index (χ4n) is 2.68. The number of aromatic nitrogens is 3. The van der Waals surface area contributed by atoms with Gasteiger partial charge in [0.15, 0.2) is 5.96 Å². The highest BCUT2D eigenvalue weighted by Gasteiger charge is 2.19. The molecule has 0 atom stereocenters. The number of nitrogens with zero attached hydrogens (tertiary/aromatic N) is 4. The molecule has 2 rings (SSSR count). The van der Waals surface area contributed by atoms with Crippen molar-refractivity contribution in [2.75, 3.05) is 20.8 Å². The topological polar surface area (TPSA) is 89.5 Å². The maximum Gasteiger partial charge on any atom is 0.213 e. The maximum absolute atomic E-state index is 5.80. The van der Waals surface area contributed by atoms with Crippen LogP contribution in [0.25, 0.3) is 0 Å². The summed E-state index contributed by atoms with van der Waals surface area (Å²) < 4.78 is 12.9. The van der Waals surface area contributed by atoms with Gasteiger partial charge in [-0.1, -0.05) is 20.8 Å². The summed E-state index contributed by atoms with van der Waals surface area (Å²) in [5.41, 5.74) is 3.26. The molecule has 0 aliphatic heterocycles. The molecule has 0 radical (unpaired) electrons. The molecule has 2 aromatic heterocycles. The minimum absolute atomic E-state index is 0. The Morgan fingerprint density at radius 3 is 2.50 bits per heavy atom. The van der Waals surface area contributed by atoms with Gasteiger partial charge >= 0.3 is 0 Å². The van der Waals surface area contributed by atoms with Gasteiger partial charge in [-0.2, -0.15) is 5.10 Å². The molecular weight excluding hydrogens is 471 g/mol. The van der Waals surface area contributed by atoms with Crippen molar-refractivity contribution in [3.8, 4) is 0 Å². The lowest BCUT2D eigenvalue weighted by Crippen LogP contribution is -2.36. The zero-order chi connectivity index (χ0) is 20.0. The first-order valence-corrected chi connectivity index (χ1v) is 9.17. The normalized spacial score (nSPS) is 12.0. The summed E-state index contributed by atoms with van der Waals surface area (Å²) in [6.07, 6.45) is 1.79. The molecule has 0 spiro atoms. The third-order valence-corrected chi connectivity index (χ3v) is 4.39. The van der Waals surface area contributed by atoms with E-state index < -0.39 is 0 Å². The zero-order valence-electron chi connectivity index (χ0n) is 17.9. The van der Waals surface area contributed by atoms with Crippen LogP contribution in [0, 0.1) is 13.8 Å². The highest BCUT2D eigenvalue weighted by Crippen LogP contribution is 2.22. The van der Waals surface area contributed by atoms with E-state index in [0.29, 0.717) is 31.5 Å². The maximum atomic E-state index is 5.80. The van der Waals surface area contributed by atoms with Crippen molar-refractivity contribution in [1.29, 1.82) is 0 Å². The van der Waals surface area contributed by atoms with Gasteiger partial charge in [-0.3, -0.25) is 9.67 Å². The second-order valence-corrected chi connectivity index (χ2v) is 7.51. The Balaban J connectivity index is 0.00000392. The van der Waals surface area contributed by atoms with E-state index in [4.69, 9.17) is 9.15 Å². The summed E-state index contributed by atoms with van der Waals surface area (Å²) in [5.74, 6) is 2.20. The smallest absolute Gasteiger partial charge is 0.213 e. The second-order valence-electron chi connectivity index (χ2n) is 7.51. The lowest BCUT2D eigenvalue weighted by atomic mass is 9.94. The van der Waals surface area contributed by atoms with Crippen LogP contribution < -0.4 is 10.6 Å². The van der Waals surface area contributed by atoms with Gasteiger partial charge in [-0.05, 0) is 13.8 Å². The first-order valence-electron chi connectivity index (χ1n) is 9.17. The van der Waals surface area contributed by atoms with E-state index in [2.05, 4.69) is 53.4 Å². The molecule has 0 aliphatic rings. The average molecular weight is 504 g/mol. The Hall–Kier alpha value is -1.62. The molecule has 0 saturated carbocycles. The number of methoxy groups -OCH3 is 1. The summed E-state index contributed by atoms with van der Waals surface area (Å²) >= 11 is 0. The van der Waals surface area contributed by atoms with Crippen LogP contribution in [0.4, 0.5) is 0 Å². The number of hydrogen-bond acceptors (Lipinski definition) is 5. The average Bonchev–Trinajstić information content (AvgIpc) is 3.19. The summed E-state index contributed by atoms with van der Waals surface area (Å²) in [7, 11) is 3.44. The molecule has 2 aromatic rings. The van der Waals surface area contributed by atoms with E-state index >= 15 is 0 Å². The molecule has 0 fully saturated rings. The standard InChI is InChI=1S/C19H32N6O2.HI/c1-13-15(14(2)25(24-13)8-9-26-7)10-22-18(20-6)23-12-17-21-11-16(27-17)19(3,4)5;/h11H,8-10,12H2,1-7H3,(H2,20,22,23);1H. The first-order chi connectivity index (χ1) is 12.8. The van der Waals surface area contributed by atoms with Gasteiger partial charge in [-0.15, -0.1) is 24.0 Å². The number of ether oxygens (including phenoxy) is 1. The molecule has 0 bridgehead atoms. The lowest BCUT2D eigenvalue weighted by Gasteiger charge is -2.13. The highest BCUT2D eigenvalue weighted by molar-refractivity contribution is 14.0. The number of aryl methyl sites for hydroxylation is 1. The van der Waals surface area contributed by atoms with Gasteiger partial charge in [0, 0.05) is 37.4 Å². The quantitative estimate of drug-likeness (QED) is 0.343. The molecule has 0 aromatic carbocycles. The van der Waals surface area contributed by atoms with Crippen molar-refractivity contribution in [3.05, 3.63) is 34.8 Å². The Kier molecular flexibility index (Phi) is 9.42. The number of nitrogens with one attached hydrogen (secondary N) is 2. The van der Waals surface area contributed by atoms with Crippen LogP contribution >= 0.6 is 24.0 Å². The van der Waals surface area contributed by atoms with E-state index in [-0.39, 0.29) is 29.4 Å². The highest BCUT2D eigenvalue weighted by atomic mass is 127. The van der Waals surface area contributed by atoms with Crippen molar-refractivity contribution < 1.29 is 9.15 Å². The van der Waals surface area contributed by atoms with Gasteiger partial charge in [-0.25, -0.2) is 4.98 Å². The molecule has 0 aliphatic carbocycles. The second kappa shape index (κ2) is 10.8. The van der Waals surface area contributed by atoms with Gasteiger partial charge in [0.25, 0.3) is 0 Å². The summed E-state index contributed by atoms with van der Waals surface area (Å²) in [5, 5.41) is 11.1. The van der Waals surface area contributed by atoms with Crippen LogP contribution in [0.2, 0.25) is 0 Å². The SMILES string of the molecule is CN=C(NCc1ncc(C(C)(C)C)o1)NCc1c(C)nn(CCOC)c1C.I. The molecule has 28 heavy (non-hydrogen) atoms. The minimum atomic E-state index is -0.0524. The molecule has 0 saturated heterocycles. The van der Waals surface area contributed by atoms with Crippen LogP contribution in [0.1, 0.15) is 49.4 Å². The fourth-order valence-corrected chi connectivity index (χ4v) is 2.68. The summed E-state index contributed by atoms with van der Waals surface area (Å²) in [6.45, 7) is 12.9.